The van der Waals surface area contributed by atoms with Crippen LogP contribution in [0.1, 0.15) is 6.42 Å². The zero-order chi connectivity index (χ0) is 19.6. The number of nitrogens with two attached hydrogens (primary N) is 1. The molecule has 0 fully saturated rings. The lowest BCUT2D eigenvalue weighted by Crippen LogP contribution is -2.54. The molecule has 0 aromatic heterocycles. The maximum Gasteiger partial charge on any atom is 0.326 e. The molecule has 0 aliphatic heterocycles. The number of aliphatic hydroxyl groups excluding tert-OH is 1. The Morgan fingerprint density at radius 2 is 1.60 bits per heavy atom. The van der Waals surface area contributed by atoms with Gasteiger partial charge in [-0.15, -0.1) is 0 Å². The van der Waals surface area contributed by atoms with Gasteiger partial charge in [0.25, 0.3) is 0 Å². The van der Waals surface area contributed by atoms with E-state index in [0.29, 0.717) is 0 Å². The molecule has 0 radical (unpaired) electrons. The van der Waals surface area contributed by atoms with E-state index in [0.717, 1.165) is 0 Å². The Balaban J connectivity index is 4.62. The Morgan fingerprint density at radius 3 is 2.04 bits per heavy atom. The molecule has 0 saturated carbocycles. The van der Waals surface area contributed by atoms with Crippen LogP contribution < -0.4 is 21.7 Å². The molecule has 3 unspecified atom stereocenters. The number of aliphatic hydroxyl groups is 1. The third kappa shape index (κ3) is 8.88. The molecule has 0 aliphatic carbocycles. The molecule has 25 heavy (non-hydrogen) atoms. The van der Waals surface area contributed by atoms with E-state index in [9.17, 15) is 24.0 Å². The molecule has 3 atom stereocenters. The minimum absolute atomic E-state index is 0.207. The first-order chi connectivity index (χ1) is 11.6. The molecule has 0 saturated heterocycles. The number of carboxylic acids is 2. The van der Waals surface area contributed by atoms with Crippen molar-refractivity contribution in [3.05, 3.63) is 0 Å². The summed E-state index contributed by atoms with van der Waals surface area (Å²) in [6.07, 6.45) is -0.844. The lowest BCUT2D eigenvalue weighted by atomic mass is 10.2. The molecule has 13 heteroatoms. The predicted molar refractivity (Wildman–Crippen MR) is 85.7 cm³/mol. The molecular weight excluding hydrogens is 360 g/mol. The molecule has 3 amide bonds. The van der Waals surface area contributed by atoms with Gasteiger partial charge < -0.3 is 37.0 Å². The standard InChI is InChI=1S/C12H20N4O8S/c13-5(3-17)10(21)14-2-8(18)15-7(4-25)11(22)16-6(12(23)24)1-9(19)20/h5-7,17,25H,1-4,13H2,(H,14,21)(H,15,18)(H,16,22)(H,19,20)(H,23,24). The van der Waals surface area contributed by atoms with Crippen molar-refractivity contribution in [2.45, 2.75) is 24.5 Å². The first kappa shape index (κ1) is 22.6. The van der Waals surface area contributed by atoms with E-state index in [1.54, 1.807) is 0 Å². The van der Waals surface area contributed by atoms with Crippen LogP contribution in [0.5, 0.6) is 0 Å². The van der Waals surface area contributed by atoms with Crippen molar-refractivity contribution in [1.82, 2.24) is 16.0 Å². The van der Waals surface area contributed by atoms with Crippen molar-refractivity contribution in [3.8, 4) is 0 Å². The number of rotatable bonds is 11. The van der Waals surface area contributed by atoms with Crippen molar-refractivity contribution in [2.24, 2.45) is 5.73 Å². The first-order valence-electron chi connectivity index (χ1n) is 6.91. The lowest BCUT2D eigenvalue weighted by Gasteiger charge is -2.19. The summed E-state index contributed by atoms with van der Waals surface area (Å²) in [7, 11) is 0. The van der Waals surface area contributed by atoms with Crippen LogP contribution in [0.3, 0.4) is 0 Å². The SMILES string of the molecule is NC(CO)C(=O)NCC(=O)NC(CS)C(=O)NC(CC(=O)O)C(=O)O. The Labute approximate surface area is 147 Å². The second-order valence-corrected chi connectivity index (χ2v) is 5.17. The maximum atomic E-state index is 11.9. The Morgan fingerprint density at radius 1 is 1.00 bits per heavy atom. The van der Waals surface area contributed by atoms with Crippen LogP contribution in [0.4, 0.5) is 0 Å². The minimum Gasteiger partial charge on any atom is -0.481 e. The quantitative estimate of drug-likeness (QED) is 0.163. The molecule has 142 valence electrons. The molecule has 12 nitrogen and oxygen atoms in total. The molecule has 0 rings (SSSR count). The Kier molecular flexibility index (Phi) is 10.2. The lowest BCUT2D eigenvalue weighted by molar-refractivity contribution is -0.147. The second-order valence-electron chi connectivity index (χ2n) is 4.81. The van der Waals surface area contributed by atoms with E-state index >= 15 is 0 Å². The van der Waals surface area contributed by atoms with Crippen LogP contribution in [-0.4, -0.2) is 82.0 Å². The van der Waals surface area contributed by atoms with Gasteiger partial charge >= 0.3 is 11.9 Å². The van der Waals surface area contributed by atoms with Gasteiger partial charge in [-0.3, -0.25) is 19.2 Å². The van der Waals surface area contributed by atoms with Crippen molar-refractivity contribution in [1.29, 1.82) is 0 Å². The van der Waals surface area contributed by atoms with Gasteiger partial charge in [-0.25, -0.2) is 4.79 Å². The summed E-state index contributed by atoms with van der Waals surface area (Å²) in [6.45, 7) is -1.16. The summed E-state index contributed by atoms with van der Waals surface area (Å²) in [5.41, 5.74) is 5.23. The number of aliphatic carboxylic acids is 2. The van der Waals surface area contributed by atoms with Gasteiger partial charge in [0.2, 0.25) is 17.7 Å². The smallest absolute Gasteiger partial charge is 0.326 e. The highest BCUT2D eigenvalue weighted by Gasteiger charge is 2.27. The summed E-state index contributed by atoms with van der Waals surface area (Å²) < 4.78 is 0. The molecule has 0 aromatic rings. The largest absolute Gasteiger partial charge is 0.481 e. The summed E-state index contributed by atoms with van der Waals surface area (Å²) in [4.78, 5) is 56.4. The fourth-order valence-corrected chi connectivity index (χ4v) is 1.72. The Bertz CT molecular complexity index is 529. The monoisotopic (exact) mass is 380 g/mol. The number of carbonyl (C=O) groups excluding carboxylic acids is 3. The number of thiol groups is 1. The molecule has 0 bridgehead atoms. The molecule has 0 aliphatic rings. The first-order valence-corrected chi connectivity index (χ1v) is 7.54. The number of hydrogen-bond donors (Lipinski definition) is 8. The van der Waals surface area contributed by atoms with Crippen LogP contribution in [-0.2, 0) is 24.0 Å². The van der Waals surface area contributed by atoms with Gasteiger partial charge in [-0.05, 0) is 0 Å². The van der Waals surface area contributed by atoms with Gasteiger partial charge in [0.05, 0.1) is 19.6 Å². The van der Waals surface area contributed by atoms with Crippen LogP contribution in [0.25, 0.3) is 0 Å². The summed E-state index contributed by atoms with van der Waals surface area (Å²) in [6, 6.07) is -4.13. The summed E-state index contributed by atoms with van der Waals surface area (Å²) >= 11 is 3.85. The van der Waals surface area contributed by atoms with Crippen LogP contribution >= 0.6 is 12.6 Å². The zero-order valence-corrected chi connectivity index (χ0v) is 13.9. The number of nitrogens with one attached hydrogen (secondary N) is 3. The summed E-state index contributed by atoms with van der Waals surface area (Å²) in [5, 5.41) is 32.4. The van der Waals surface area contributed by atoms with Crippen molar-refractivity contribution < 1.29 is 39.3 Å². The van der Waals surface area contributed by atoms with E-state index in [-0.39, 0.29) is 5.75 Å². The predicted octanol–water partition coefficient (Wildman–Crippen LogP) is -4.12. The van der Waals surface area contributed by atoms with Crippen LogP contribution in [0, 0.1) is 0 Å². The highest BCUT2D eigenvalue weighted by atomic mass is 32.1. The van der Waals surface area contributed by atoms with E-state index in [1.807, 2.05) is 5.32 Å². The Hall–Kier alpha value is -2.38. The van der Waals surface area contributed by atoms with Crippen molar-refractivity contribution in [2.75, 3.05) is 18.9 Å². The van der Waals surface area contributed by atoms with Gasteiger partial charge in [0.15, 0.2) is 0 Å². The normalized spacial score (nSPS) is 13.9. The maximum absolute atomic E-state index is 11.9. The van der Waals surface area contributed by atoms with E-state index < -0.39 is 67.4 Å². The summed E-state index contributed by atoms with van der Waals surface area (Å²) in [5.74, 6) is -5.71. The van der Waals surface area contributed by atoms with Crippen LogP contribution in [0.15, 0.2) is 0 Å². The average Bonchev–Trinajstić information content (AvgIpc) is 2.55. The number of hydrogen-bond acceptors (Lipinski definition) is 8. The molecular formula is C12H20N4O8S. The average molecular weight is 380 g/mol. The molecule has 8 N–H and O–H groups in total. The van der Waals surface area contributed by atoms with Gasteiger partial charge in [0.1, 0.15) is 18.1 Å². The highest BCUT2D eigenvalue weighted by molar-refractivity contribution is 7.80. The number of carbonyl (C=O) groups is 5. The minimum atomic E-state index is -1.67. The zero-order valence-electron chi connectivity index (χ0n) is 13.0. The van der Waals surface area contributed by atoms with Gasteiger partial charge in [-0.2, -0.15) is 12.6 Å². The highest BCUT2D eigenvalue weighted by Crippen LogP contribution is 1.96. The third-order valence-electron chi connectivity index (χ3n) is 2.78. The van der Waals surface area contributed by atoms with E-state index in [4.69, 9.17) is 21.1 Å². The second kappa shape index (κ2) is 11.2. The van der Waals surface area contributed by atoms with Gasteiger partial charge in [0, 0.05) is 5.75 Å². The van der Waals surface area contributed by atoms with E-state index in [1.165, 1.54) is 0 Å². The van der Waals surface area contributed by atoms with E-state index in [2.05, 4.69) is 23.3 Å². The van der Waals surface area contributed by atoms with Crippen molar-refractivity contribution >= 4 is 42.3 Å². The van der Waals surface area contributed by atoms with Crippen LogP contribution in [0.2, 0.25) is 0 Å². The topological polar surface area (TPSA) is 208 Å². The fraction of sp³-hybridized carbons (Fsp3) is 0.583. The van der Waals surface area contributed by atoms with Gasteiger partial charge in [-0.1, -0.05) is 0 Å². The number of amides is 3. The molecule has 0 spiro atoms. The molecule has 0 aromatic carbocycles. The van der Waals surface area contributed by atoms with Crippen molar-refractivity contribution in [3.63, 3.8) is 0 Å². The number of carboxylic acid groups (broad SMARTS) is 2. The third-order valence-corrected chi connectivity index (χ3v) is 3.15. The fourth-order valence-electron chi connectivity index (χ4n) is 1.47. The molecule has 0 heterocycles.